The molecule has 96 valence electrons. The molecule has 0 spiro atoms. The van der Waals surface area contributed by atoms with Crippen molar-refractivity contribution in [2.75, 3.05) is 19.3 Å². The van der Waals surface area contributed by atoms with Crippen LogP contribution in [0.1, 0.15) is 26.2 Å². The second-order valence-electron chi connectivity index (χ2n) is 4.67. The van der Waals surface area contributed by atoms with Gasteiger partial charge in [0.25, 0.3) is 0 Å². The molecule has 16 heavy (non-hydrogen) atoms. The fourth-order valence-electron chi connectivity index (χ4n) is 2.06. The summed E-state index contributed by atoms with van der Waals surface area (Å²) in [6.45, 7) is 2.57. The Hall–Kier alpha value is -0.170. The van der Waals surface area contributed by atoms with Gasteiger partial charge in [0.15, 0.2) is 0 Å². The minimum Gasteiger partial charge on any atom is -0.391 e. The predicted molar refractivity (Wildman–Crippen MR) is 61.4 cm³/mol. The van der Waals surface area contributed by atoms with Crippen LogP contribution in [-0.2, 0) is 10.0 Å². The molecule has 0 aromatic rings. The van der Waals surface area contributed by atoms with Crippen molar-refractivity contribution in [3.8, 4) is 0 Å². The summed E-state index contributed by atoms with van der Waals surface area (Å²) in [5, 5.41) is 18.7. The van der Waals surface area contributed by atoms with Crippen LogP contribution in [0, 0.1) is 5.92 Å². The molecule has 0 amide bonds. The Morgan fingerprint density at radius 1 is 1.44 bits per heavy atom. The maximum atomic E-state index is 11.4. The molecule has 0 aromatic carbocycles. The van der Waals surface area contributed by atoms with Gasteiger partial charge < -0.3 is 10.2 Å². The van der Waals surface area contributed by atoms with E-state index in [1.165, 1.54) is 10.6 Å². The standard InChI is InChI=1S/C10H21NO4S/c1-8(12)10(13)6-9-4-3-5-11(7-9)16(2,14)15/h8-10,12-13H,3-7H2,1-2H3. The molecule has 6 heteroatoms. The monoisotopic (exact) mass is 251 g/mol. The molecule has 3 unspecified atom stereocenters. The lowest BCUT2D eigenvalue weighted by Gasteiger charge is -2.32. The first kappa shape index (κ1) is 13.9. The summed E-state index contributed by atoms with van der Waals surface area (Å²) in [7, 11) is -3.13. The van der Waals surface area contributed by atoms with Crippen LogP contribution in [0.25, 0.3) is 0 Å². The van der Waals surface area contributed by atoms with E-state index in [9.17, 15) is 18.6 Å². The van der Waals surface area contributed by atoms with Crippen LogP contribution in [0.3, 0.4) is 0 Å². The quantitative estimate of drug-likeness (QED) is 0.725. The number of sulfonamides is 1. The van der Waals surface area contributed by atoms with Crippen LogP contribution in [-0.4, -0.2) is 54.5 Å². The Labute approximate surface area is 97.1 Å². The van der Waals surface area contributed by atoms with Gasteiger partial charge in [0.2, 0.25) is 10.0 Å². The van der Waals surface area contributed by atoms with E-state index in [4.69, 9.17) is 0 Å². The molecule has 5 nitrogen and oxygen atoms in total. The molecule has 0 bridgehead atoms. The summed E-state index contributed by atoms with van der Waals surface area (Å²) in [5.74, 6) is 0.146. The molecule has 1 aliphatic rings. The Morgan fingerprint density at radius 3 is 2.56 bits per heavy atom. The van der Waals surface area contributed by atoms with Crippen LogP contribution < -0.4 is 0 Å². The topological polar surface area (TPSA) is 77.8 Å². The van der Waals surface area contributed by atoms with Crippen molar-refractivity contribution in [2.45, 2.75) is 38.4 Å². The van der Waals surface area contributed by atoms with Gasteiger partial charge in [0, 0.05) is 13.1 Å². The normalized spacial score (nSPS) is 27.6. The lowest BCUT2D eigenvalue weighted by atomic mass is 9.92. The molecular formula is C10H21NO4S. The van der Waals surface area contributed by atoms with Gasteiger partial charge in [-0.2, -0.15) is 0 Å². The molecule has 0 aromatic heterocycles. The fourth-order valence-corrected chi connectivity index (χ4v) is 3.00. The van der Waals surface area contributed by atoms with Crippen molar-refractivity contribution in [3.05, 3.63) is 0 Å². The number of rotatable bonds is 4. The summed E-state index contributed by atoms with van der Waals surface area (Å²) in [6.07, 6.45) is 1.89. The van der Waals surface area contributed by atoms with E-state index in [-0.39, 0.29) is 5.92 Å². The van der Waals surface area contributed by atoms with Crippen LogP contribution in [0.15, 0.2) is 0 Å². The summed E-state index contributed by atoms with van der Waals surface area (Å²) < 4.78 is 24.2. The van der Waals surface area contributed by atoms with Crippen LogP contribution in [0.2, 0.25) is 0 Å². The lowest BCUT2D eigenvalue weighted by molar-refractivity contribution is 0.0108. The largest absolute Gasteiger partial charge is 0.391 e. The Kier molecular flexibility index (Phi) is 4.73. The highest BCUT2D eigenvalue weighted by molar-refractivity contribution is 7.88. The maximum Gasteiger partial charge on any atom is 0.211 e. The van der Waals surface area contributed by atoms with Gasteiger partial charge in [-0.1, -0.05) is 0 Å². The first-order chi connectivity index (χ1) is 7.30. The first-order valence-corrected chi connectivity index (χ1v) is 7.46. The Bertz CT molecular complexity index is 315. The lowest BCUT2D eigenvalue weighted by Crippen LogP contribution is -2.41. The molecule has 1 rings (SSSR count). The van der Waals surface area contributed by atoms with Crippen molar-refractivity contribution in [3.63, 3.8) is 0 Å². The van der Waals surface area contributed by atoms with E-state index >= 15 is 0 Å². The van der Waals surface area contributed by atoms with Gasteiger partial charge >= 0.3 is 0 Å². The second-order valence-corrected chi connectivity index (χ2v) is 6.66. The van der Waals surface area contributed by atoms with Gasteiger partial charge in [0.1, 0.15) is 0 Å². The van der Waals surface area contributed by atoms with Crippen molar-refractivity contribution >= 4 is 10.0 Å². The fraction of sp³-hybridized carbons (Fsp3) is 1.00. The summed E-state index contributed by atoms with van der Waals surface area (Å²) in [4.78, 5) is 0. The third-order valence-electron chi connectivity index (χ3n) is 3.08. The number of piperidine rings is 1. The van der Waals surface area contributed by atoms with E-state index in [1.807, 2.05) is 0 Å². The SMILES string of the molecule is CC(O)C(O)CC1CCCN(S(C)(=O)=O)C1. The van der Waals surface area contributed by atoms with Gasteiger partial charge in [0.05, 0.1) is 18.5 Å². The van der Waals surface area contributed by atoms with Gasteiger partial charge in [-0.25, -0.2) is 12.7 Å². The average Bonchev–Trinajstić information content (AvgIpc) is 2.16. The first-order valence-electron chi connectivity index (χ1n) is 5.62. The van der Waals surface area contributed by atoms with Gasteiger partial charge in [-0.3, -0.25) is 0 Å². The molecule has 1 heterocycles. The highest BCUT2D eigenvalue weighted by Crippen LogP contribution is 2.23. The van der Waals surface area contributed by atoms with Crippen LogP contribution in [0.5, 0.6) is 0 Å². The molecular weight excluding hydrogens is 230 g/mol. The van der Waals surface area contributed by atoms with E-state index < -0.39 is 22.2 Å². The Balaban J connectivity index is 2.51. The number of aliphatic hydroxyl groups is 2. The predicted octanol–water partition coefficient (Wildman–Crippen LogP) is -0.210. The van der Waals surface area contributed by atoms with Crippen molar-refractivity contribution < 1.29 is 18.6 Å². The summed E-state index contributed by atoms with van der Waals surface area (Å²) in [6, 6.07) is 0. The number of hydrogen-bond acceptors (Lipinski definition) is 4. The van der Waals surface area contributed by atoms with E-state index in [1.54, 1.807) is 6.92 Å². The molecule has 1 fully saturated rings. The molecule has 1 aliphatic heterocycles. The zero-order valence-electron chi connectivity index (χ0n) is 9.83. The smallest absolute Gasteiger partial charge is 0.211 e. The molecule has 0 radical (unpaired) electrons. The average molecular weight is 251 g/mol. The van der Waals surface area contributed by atoms with Crippen molar-refractivity contribution in [1.29, 1.82) is 0 Å². The molecule has 3 atom stereocenters. The third-order valence-corrected chi connectivity index (χ3v) is 4.35. The highest BCUT2D eigenvalue weighted by Gasteiger charge is 2.28. The second kappa shape index (κ2) is 5.44. The maximum absolute atomic E-state index is 11.4. The van der Waals surface area contributed by atoms with Crippen LogP contribution in [0.4, 0.5) is 0 Å². The third kappa shape index (κ3) is 4.01. The zero-order chi connectivity index (χ0) is 12.3. The van der Waals surface area contributed by atoms with E-state index in [0.29, 0.717) is 19.5 Å². The van der Waals surface area contributed by atoms with Crippen molar-refractivity contribution in [1.82, 2.24) is 4.31 Å². The van der Waals surface area contributed by atoms with Crippen molar-refractivity contribution in [2.24, 2.45) is 5.92 Å². The molecule has 0 saturated carbocycles. The Morgan fingerprint density at radius 2 is 2.06 bits per heavy atom. The van der Waals surface area contributed by atoms with Gasteiger partial charge in [-0.15, -0.1) is 0 Å². The highest BCUT2D eigenvalue weighted by atomic mass is 32.2. The number of hydrogen-bond donors (Lipinski definition) is 2. The minimum absolute atomic E-state index is 0.146. The molecule has 2 N–H and O–H groups in total. The number of aliphatic hydroxyl groups excluding tert-OH is 2. The number of nitrogens with zero attached hydrogens (tertiary/aromatic N) is 1. The van der Waals surface area contributed by atoms with E-state index in [0.717, 1.165) is 12.8 Å². The van der Waals surface area contributed by atoms with E-state index in [2.05, 4.69) is 0 Å². The molecule has 0 aliphatic carbocycles. The minimum atomic E-state index is -3.13. The van der Waals surface area contributed by atoms with Gasteiger partial charge in [-0.05, 0) is 32.1 Å². The summed E-state index contributed by atoms with van der Waals surface area (Å²) >= 11 is 0. The zero-order valence-corrected chi connectivity index (χ0v) is 10.7. The summed E-state index contributed by atoms with van der Waals surface area (Å²) in [5.41, 5.74) is 0. The molecule has 1 saturated heterocycles. The van der Waals surface area contributed by atoms with Crippen LogP contribution >= 0.6 is 0 Å².